The van der Waals surface area contributed by atoms with Crippen molar-refractivity contribution in [3.8, 4) is 11.5 Å². The SMILES string of the molecule is CCOC(=O)c1ccc(N2C(=O)[C@H]3[C@H]4C[C@@H]([C@@H]3C2=O)[C@@H]2[C@H](c3ccc(OCC(=O)Nc5ccc(O)cc5)cc3)c3sc(=O)[nH]c3S[C@H]42)cc1. The standard InChI is InChI=1S/C36H31N3O8S2/c1-2-46-35(44)18-3-9-20(10-4-18)39-33(42)28-23-15-24(29(28)34(39)43)30-27(23)26(31-32(48-30)38-36(45)49-31)17-5-13-22(14-6-17)47-16-25(41)37-19-7-11-21(40)12-8-19/h3-14,23-24,26-30,40H,2,15-16H2,1H3,(H,37,41)(H,38,45)/t23-,24-,26+,27-,28+,29+,30-/m1/s1. The Morgan fingerprint density at radius 3 is 2.33 bits per heavy atom. The first kappa shape index (κ1) is 31.4. The zero-order chi connectivity index (χ0) is 34.0. The fourth-order valence-electron chi connectivity index (χ4n) is 8.27. The number of hydrogen-bond acceptors (Lipinski definition) is 10. The number of fused-ring (bicyclic) bond motifs is 9. The number of phenolic OH excluding ortho intramolecular Hbond substituents is 1. The summed E-state index contributed by atoms with van der Waals surface area (Å²) in [7, 11) is 0. The average molecular weight is 698 g/mol. The maximum Gasteiger partial charge on any atom is 0.338 e. The molecular formula is C36H31N3O8S2. The zero-order valence-corrected chi connectivity index (χ0v) is 27.8. The predicted octanol–water partition coefficient (Wildman–Crippen LogP) is 5.01. The van der Waals surface area contributed by atoms with Gasteiger partial charge in [-0.25, -0.2) is 4.79 Å². The number of thiazole rings is 1. The first-order valence-corrected chi connectivity index (χ1v) is 17.8. The number of aromatic nitrogens is 1. The van der Waals surface area contributed by atoms with Crippen molar-refractivity contribution in [3.05, 3.63) is 98.5 Å². The molecule has 4 aliphatic rings. The highest BCUT2D eigenvalue weighted by Gasteiger charge is 2.69. The second-order valence-electron chi connectivity index (χ2n) is 12.7. The molecule has 1 aromatic heterocycles. The van der Waals surface area contributed by atoms with E-state index < -0.39 is 17.8 Å². The fraction of sp³-hybridized carbons (Fsp3) is 0.306. The van der Waals surface area contributed by atoms with E-state index in [2.05, 4.69) is 10.3 Å². The van der Waals surface area contributed by atoms with E-state index in [4.69, 9.17) is 9.47 Å². The van der Waals surface area contributed by atoms with Crippen LogP contribution < -0.4 is 19.8 Å². The van der Waals surface area contributed by atoms with Gasteiger partial charge >= 0.3 is 10.8 Å². The lowest BCUT2D eigenvalue weighted by Crippen LogP contribution is -2.42. The number of carbonyl (C=O) groups excluding carboxylic acids is 4. The maximum absolute atomic E-state index is 14.1. The highest BCUT2D eigenvalue weighted by atomic mass is 32.2. The van der Waals surface area contributed by atoms with Crippen molar-refractivity contribution in [2.45, 2.75) is 29.5 Å². The van der Waals surface area contributed by atoms with Crippen LogP contribution in [0.4, 0.5) is 11.4 Å². The van der Waals surface area contributed by atoms with Crippen LogP contribution in [0.2, 0.25) is 0 Å². The van der Waals surface area contributed by atoms with E-state index >= 15 is 0 Å². The molecule has 0 radical (unpaired) electrons. The van der Waals surface area contributed by atoms with Crippen LogP contribution in [0.25, 0.3) is 0 Å². The van der Waals surface area contributed by atoms with Gasteiger partial charge in [-0.1, -0.05) is 23.5 Å². The summed E-state index contributed by atoms with van der Waals surface area (Å²) in [6, 6.07) is 20.0. The van der Waals surface area contributed by atoms with Crippen molar-refractivity contribution < 1.29 is 33.8 Å². The number of anilines is 2. The number of rotatable bonds is 8. The highest BCUT2D eigenvalue weighted by Crippen LogP contribution is 2.68. The molecule has 4 aromatic rings. The second kappa shape index (κ2) is 12.2. The molecule has 2 aliphatic heterocycles. The number of aromatic amines is 1. The largest absolute Gasteiger partial charge is 0.508 e. The molecule has 3 fully saturated rings. The van der Waals surface area contributed by atoms with E-state index in [0.29, 0.717) is 22.7 Å². The Kier molecular flexibility index (Phi) is 7.83. The molecular weight excluding hydrogens is 667 g/mol. The lowest BCUT2D eigenvalue weighted by molar-refractivity contribution is -0.123. The molecule has 3 aromatic carbocycles. The molecule has 2 aliphatic carbocycles. The lowest BCUT2D eigenvalue weighted by atomic mass is 9.68. The van der Waals surface area contributed by atoms with Gasteiger partial charge in [0.15, 0.2) is 6.61 Å². The molecule has 8 rings (SSSR count). The minimum atomic E-state index is -0.462. The van der Waals surface area contributed by atoms with E-state index in [0.717, 1.165) is 21.9 Å². The Morgan fingerprint density at radius 2 is 1.63 bits per heavy atom. The third kappa shape index (κ3) is 5.32. The summed E-state index contributed by atoms with van der Waals surface area (Å²) in [5.74, 6) is -1.73. The average Bonchev–Trinajstić information content (AvgIpc) is 3.84. The van der Waals surface area contributed by atoms with Crippen LogP contribution >= 0.6 is 23.1 Å². The first-order valence-electron chi connectivity index (χ1n) is 16.1. The van der Waals surface area contributed by atoms with E-state index in [1.165, 1.54) is 28.4 Å². The number of imide groups is 1. The van der Waals surface area contributed by atoms with Gasteiger partial charge in [0.25, 0.3) is 5.91 Å². The topological polar surface area (TPSA) is 155 Å². The third-order valence-corrected chi connectivity index (χ3v) is 12.7. The molecule has 2 bridgehead atoms. The molecule has 1 saturated heterocycles. The van der Waals surface area contributed by atoms with Crippen LogP contribution in [0.1, 0.15) is 40.1 Å². The summed E-state index contributed by atoms with van der Waals surface area (Å²) in [6.07, 6.45) is 0.762. The van der Waals surface area contributed by atoms with Crippen LogP contribution in [0.5, 0.6) is 11.5 Å². The summed E-state index contributed by atoms with van der Waals surface area (Å²) < 4.78 is 10.8. The first-order chi connectivity index (χ1) is 23.7. The van der Waals surface area contributed by atoms with Gasteiger partial charge in [0, 0.05) is 21.7 Å². The minimum Gasteiger partial charge on any atom is -0.508 e. The number of esters is 1. The van der Waals surface area contributed by atoms with Gasteiger partial charge in [0.2, 0.25) is 11.8 Å². The van der Waals surface area contributed by atoms with Gasteiger partial charge in [0.05, 0.1) is 34.7 Å². The number of thioether (sulfide) groups is 1. The van der Waals surface area contributed by atoms with Crippen molar-refractivity contribution in [2.75, 3.05) is 23.4 Å². The van der Waals surface area contributed by atoms with Crippen LogP contribution in [0, 0.1) is 29.6 Å². The van der Waals surface area contributed by atoms with Gasteiger partial charge in [0.1, 0.15) is 11.5 Å². The Hall–Kier alpha value is -4.88. The van der Waals surface area contributed by atoms with E-state index in [1.807, 2.05) is 12.1 Å². The summed E-state index contributed by atoms with van der Waals surface area (Å²) >= 11 is 2.81. The van der Waals surface area contributed by atoms with E-state index in [9.17, 15) is 29.1 Å². The Labute approximate surface area is 288 Å². The number of carbonyl (C=O) groups is 4. The van der Waals surface area contributed by atoms with Gasteiger partial charge in [-0.3, -0.25) is 24.1 Å². The van der Waals surface area contributed by atoms with Gasteiger partial charge in [-0.2, -0.15) is 0 Å². The molecule has 49 heavy (non-hydrogen) atoms. The maximum atomic E-state index is 14.1. The zero-order valence-electron chi connectivity index (χ0n) is 26.2. The van der Waals surface area contributed by atoms with Crippen LogP contribution in [0.3, 0.4) is 0 Å². The van der Waals surface area contributed by atoms with Gasteiger partial charge in [-0.05, 0) is 97.3 Å². The number of nitrogens with zero attached hydrogens (tertiary/aromatic N) is 1. The number of aromatic hydroxyl groups is 1. The Morgan fingerprint density at radius 1 is 0.939 bits per heavy atom. The molecule has 0 unspecified atom stereocenters. The predicted molar refractivity (Wildman–Crippen MR) is 182 cm³/mol. The van der Waals surface area contributed by atoms with Crippen molar-refractivity contribution in [1.82, 2.24) is 4.98 Å². The minimum absolute atomic E-state index is 0.0287. The molecule has 11 nitrogen and oxygen atoms in total. The molecule has 250 valence electrons. The summed E-state index contributed by atoms with van der Waals surface area (Å²) in [4.78, 5) is 70.3. The molecule has 7 atom stereocenters. The Bertz CT molecular complexity index is 2020. The summed E-state index contributed by atoms with van der Waals surface area (Å²) in [5.41, 5.74) is 2.31. The molecule has 13 heteroatoms. The molecule has 3 heterocycles. The van der Waals surface area contributed by atoms with Crippen molar-refractivity contribution in [3.63, 3.8) is 0 Å². The van der Waals surface area contributed by atoms with Crippen LogP contribution in [-0.4, -0.2) is 52.2 Å². The Balaban J connectivity index is 1.03. The molecule has 3 amide bonds. The van der Waals surface area contributed by atoms with Crippen molar-refractivity contribution in [2.24, 2.45) is 29.6 Å². The highest BCUT2D eigenvalue weighted by molar-refractivity contribution is 8.00. The van der Waals surface area contributed by atoms with Crippen molar-refractivity contribution in [1.29, 1.82) is 0 Å². The van der Waals surface area contributed by atoms with Crippen molar-refractivity contribution >= 4 is 58.2 Å². The normalized spacial score (nSPS) is 26.2. The second-order valence-corrected chi connectivity index (χ2v) is 14.9. The molecule has 3 N–H and O–H groups in total. The molecule has 0 spiro atoms. The quantitative estimate of drug-likeness (QED) is 0.131. The fourth-order valence-corrected chi connectivity index (χ4v) is 11.2. The number of hydrogen-bond donors (Lipinski definition) is 3. The molecule has 2 saturated carbocycles. The number of ether oxygens (including phenoxy) is 2. The van der Waals surface area contributed by atoms with E-state index in [1.54, 1.807) is 67.2 Å². The third-order valence-electron chi connectivity index (χ3n) is 10.1. The van der Waals surface area contributed by atoms with Gasteiger partial charge < -0.3 is 24.9 Å². The van der Waals surface area contributed by atoms with Crippen LogP contribution in [0.15, 0.2) is 82.6 Å². The van der Waals surface area contributed by atoms with E-state index in [-0.39, 0.29) is 70.5 Å². The number of benzene rings is 3. The number of phenols is 1. The summed E-state index contributed by atoms with van der Waals surface area (Å²) in [5, 5.41) is 13.0. The summed E-state index contributed by atoms with van der Waals surface area (Å²) in [6.45, 7) is 1.77. The number of nitrogens with one attached hydrogen (secondary N) is 2. The van der Waals surface area contributed by atoms with Crippen LogP contribution in [-0.2, 0) is 19.1 Å². The number of amides is 3. The monoisotopic (exact) mass is 697 g/mol. The number of H-pyrrole nitrogens is 1. The smallest absolute Gasteiger partial charge is 0.338 e. The van der Waals surface area contributed by atoms with Gasteiger partial charge in [-0.15, -0.1) is 11.8 Å². The lowest BCUT2D eigenvalue weighted by Gasteiger charge is -2.43.